The fourth-order valence-corrected chi connectivity index (χ4v) is 3.93. The van der Waals surface area contributed by atoms with Crippen LogP contribution in [0.2, 0.25) is 5.02 Å². The van der Waals surface area contributed by atoms with Crippen molar-refractivity contribution in [2.24, 2.45) is 0 Å². The van der Waals surface area contributed by atoms with Gasteiger partial charge in [-0.25, -0.2) is 17.8 Å². The number of hydrogen-bond acceptors (Lipinski definition) is 6. The van der Waals surface area contributed by atoms with Crippen LogP contribution >= 0.6 is 22.9 Å². The highest BCUT2D eigenvalue weighted by molar-refractivity contribution is 7.89. The van der Waals surface area contributed by atoms with Crippen LogP contribution in [-0.4, -0.2) is 30.5 Å². The number of aromatic nitrogens is 3. The fourth-order valence-electron chi connectivity index (χ4n) is 1.96. The van der Waals surface area contributed by atoms with Gasteiger partial charge in [-0.15, -0.1) is 5.10 Å². The molecule has 3 rings (SSSR count). The van der Waals surface area contributed by atoms with E-state index in [2.05, 4.69) is 15.0 Å². The van der Waals surface area contributed by atoms with E-state index >= 15 is 0 Å². The Labute approximate surface area is 147 Å². The summed E-state index contributed by atoms with van der Waals surface area (Å²) in [5.74, 6) is 0.411. The van der Waals surface area contributed by atoms with Crippen molar-refractivity contribution in [3.63, 3.8) is 0 Å². The summed E-state index contributed by atoms with van der Waals surface area (Å²) in [5, 5.41) is 12.0. The maximum absolute atomic E-state index is 12.3. The molecule has 7 nitrogen and oxygen atoms in total. The zero-order valence-electron chi connectivity index (χ0n) is 12.5. The zero-order chi connectivity index (χ0) is 17.2. The Balaban J connectivity index is 1.72. The lowest BCUT2D eigenvalue weighted by Gasteiger charge is -2.07. The molecule has 0 unspecified atom stereocenters. The average Bonchev–Trinajstić information content (AvgIpc) is 3.24. The lowest BCUT2D eigenvalue weighted by atomic mass is 10.3. The normalized spacial score (nSPS) is 11.6. The van der Waals surface area contributed by atoms with Crippen molar-refractivity contribution in [3.05, 3.63) is 51.9 Å². The molecule has 0 amide bonds. The zero-order valence-corrected chi connectivity index (χ0v) is 14.9. The van der Waals surface area contributed by atoms with Gasteiger partial charge in [0.2, 0.25) is 10.0 Å². The second-order valence-corrected chi connectivity index (χ2v) is 7.71. The lowest BCUT2D eigenvalue weighted by Crippen LogP contribution is -2.23. The first-order chi connectivity index (χ1) is 11.5. The predicted octanol–water partition coefficient (Wildman–Crippen LogP) is 2.47. The van der Waals surface area contributed by atoms with Crippen LogP contribution in [-0.2, 0) is 16.6 Å². The second kappa shape index (κ2) is 6.89. The number of benzene rings is 1. The molecule has 0 radical (unpaired) electrons. The number of nitrogens with zero attached hydrogens (tertiary/aromatic N) is 3. The summed E-state index contributed by atoms with van der Waals surface area (Å²) in [7, 11) is -2.25. The van der Waals surface area contributed by atoms with Crippen LogP contribution < -0.4 is 9.46 Å². The quantitative estimate of drug-likeness (QED) is 0.705. The topological polar surface area (TPSA) is 86.1 Å². The molecule has 0 spiro atoms. The summed E-state index contributed by atoms with van der Waals surface area (Å²) in [6.45, 7) is 0.0239. The summed E-state index contributed by atoms with van der Waals surface area (Å²) < 4.78 is 33.7. The van der Waals surface area contributed by atoms with Crippen LogP contribution in [0.1, 0.15) is 5.69 Å². The highest BCUT2D eigenvalue weighted by Crippen LogP contribution is 2.26. The Hall–Kier alpha value is -1.94. The molecule has 10 heteroatoms. The number of methoxy groups -OCH3 is 1. The third-order valence-corrected chi connectivity index (χ3v) is 5.55. The standard InChI is InChI=1S/C14H13ClN4O3S2/c1-22-14-3-2-12(6-13(14)15)24(20,21)16-7-10-8-19(18-17-10)11-4-5-23-9-11/h2-6,8-9,16H,7H2,1H3. The summed E-state index contributed by atoms with van der Waals surface area (Å²) >= 11 is 7.51. The van der Waals surface area contributed by atoms with Gasteiger partial charge in [-0.3, -0.25) is 0 Å². The summed E-state index contributed by atoms with van der Waals surface area (Å²) in [6, 6.07) is 6.16. The van der Waals surface area contributed by atoms with Crippen molar-refractivity contribution in [3.8, 4) is 11.4 Å². The molecule has 0 fully saturated rings. The monoisotopic (exact) mass is 384 g/mol. The van der Waals surface area contributed by atoms with Crippen molar-refractivity contribution < 1.29 is 13.2 Å². The molecule has 24 heavy (non-hydrogen) atoms. The minimum Gasteiger partial charge on any atom is -0.495 e. The van der Waals surface area contributed by atoms with Gasteiger partial charge in [0, 0.05) is 5.38 Å². The average molecular weight is 385 g/mol. The van der Waals surface area contributed by atoms with Gasteiger partial charge in [-0.05, 0) is 29.6 Å². The SMILES string of the molecule is COc1ccc(S(=O)(=O)NCc2cn(-c3ccsc3)nn2)cc1Cl. The lowest BCUT2D eigenvalue weighted by molar-refractivity contribution is 0.414. The van der Waals surface area contributed by atoms with Gasteiger partial charge in [-0.1, -0.05) is 16.8 Å². The third-order valence-electron chi connectivity index (χ3n) is 3.19. The molecule has 0 aliphatic heterocycles. The van der Waals surface area contributed by atoms with Crippen molar-refractivity contribution in [2.45, 2.75) is 11.4 Å². The molecule has 0 bridgehead atoms. The van der Waals surface area contributed by atoms with Gasteiger partial charge < -0.3 is 4.74 Å². The van der Waals surface area contributed by atoms with Crippen molar-refractivity contribution in [1.82, 2.24) is 19.7 Å². The van der Waals surface area contributed by atoms with Crippen LogP contribution in [0.4, 0.5) is 0 Å². The maximum atomic E-state index is 12.3. The fraction of sp³-hybridized carbons (Fsp3) is 0.143. The molecule has 3 aromatic rings. The van der Waals surface area contributed by atoms with E-state index in [0.717, 1.165) is 5.69 Å². The van der Waals surface area contributed by atoms with E-state index in [1.807, 2.05) is 16.8 Å². The first kappa shape index (κ1) is 16.9. The van der Waals surface area contributed by atoms with E-state index < -0.39 is 10.0 Å². The largest absolute Gasteiger partial charge is 0.495 e. The highest BCUT2D eigenvalue weighted by Gasteiger charge is 2.16. The van der Waals surface area contributed by atoms with E-state index in [-0.39, 0.29) is 16.5 Å². The van der Waals surface area contributed by atoms with E-state index in [1.54, 1.807) is 22.2 Å². The number of sulfonamides is 1. The number of hydrogen-bond donors (Lipinski definition) is 1. The molecular formula is C14H13ClN4O3S2. The minimum absolute atomic E-state index is 0.0239. The molecule has 1 N–H and O–H groups in total. The molecule has 0 aliphatic carbocycles. The number of rotatable bonds is 6. The van der Waals surface area contributed by atoms with Gasteiger partial charge >= 0.3 is 0 Å². The molecule has 0 saturated carbocycles. The Morgan fingerprint density at radius 1 is 1.38 bits per heavy atom. The highest BCUT2D eigenvalue weighted by atomic mass is 35.5. The molecule has 0 saturated heterocycles. The number of ether oxygens (including phenoxy) is 1. The third kappa shape index (κ3) is 3.59. The van der Waals surface area contributed by atoms with Crippen molar-refractivity contribution in [2.75, 3.05) is 7.11 Å². The van der Waals surface area contributed by atoms with Crippen LogP contribution in [0.25, 0.3) is 5.69 Å². The van der Waals surface area contributed by atoms with Gasteiger partial charge in [0.15, 0.2) is 0 Å². The summed E-state index contributed by atoms with van der Waals surface area (Å²) in [5.41, 5.74) is 1.38. The van der Waals surface area contributed by atoms with Crippen LogP contribution in [0.5, 0.6) is 5.75 Å². The Morgan fingerprint density at radius 2 is 2.21 bits per heavy atom. The number of thiophene rings is 1. The molecule has 2 aromatic heterocycles. The first-order valence-corrected chi connectivity index (χ1v) is 9.57. The summed E-state index contributed by atoms with van der Waals surface area (Å²) in [4.78, 5) is 0.0542. The van der Waals surface area contributed by atoms with E-state index in [4.69, 9.17) is 16.3 Å². The van der Waals surface area contributed by atoms with Crippen molar-refractivity contribution >= 4 is 33.0 Å². The van der Waals surface area contributed by atoms with Gasteiger partial charge in [-0.2, -0.15) is 11.3 Å². The van der Waals surface area contributed by atoms with Gasteiger partial charge in [0.1, 0.15) is 5.75 Å². The molecule has 2 heterocycles. The van der Waals surface area contributed by atoms with Crippen LogP contribution in [0.3, 0.4) is 0 Å². The first-order valence-electron chi connectivity index (χ1n) is 6.76. The Kier molecular flexibility index (Phi) is 4.86. The van der Waals surface area contributed by atoms with E-state index in [1.165, 1.54) is 25.3 Å². The molecule has 126 valence electrons. The number of nitrogens with one attached hydrogen (secondary N) is 1. The maximum Gasteiger partial charge on any atom is 0.240 e. The van der Waals surface area contributed by atoms with E-state index in [0.29, 0.717) is 11.4 Å². The number of halogens is 1. The Morgan fingerprint density at radius 3 is 2.88 bits per heavy atom. The van der Waals surface area contributed by atoms with Crippen molar-refractivity contribution in [1.29, 1.82) is 0 Å². The van der Waals surface area contributed by atoms with Crippen LogP contribution in [0.15, 0.2) is 46.1 Å². The molecular weight excluding hydrogens is 372 g/mol. The molecule has 0 atom stereocenters. The predicted molar refractivity (Wildman–Crippen MR) is 91.3 cm³/mol. The summed E-state index contributed by atoms with van der Waals surface area (Å²) in [6.07, 6.45) is 1.67. The van der Waals surface area contributed by atoms with E-state index in [9.17, 15) is 8.42 Å². The smallest absolute Gasteiger partial charge is 0.240 e. The second-order valence-electron chi connectivity index (χ2n) is 4.76. The Bertz CT molecular complexity index is 939. The van der Waals surface area contributed by atoms with Gasteiger partial charge in [0.25, 0.3) is 0 Å². The van der Waals surface area contributed by atoms with Crippen LogP contribution in [0, 0.1) is 0 Å². The molecule has 1 aromatic carbocycles. The molecule has 0 aliphatic rings. The van der Waals surface area contributed by atoms with Gasteiger partial charge in [0.05, 0.1) is 41.2 Å². The minimum atomic E-state index is -3.72.